The van der Waals surface area contributed by atoms with E-state index in [-0.39, 0.29) is 11.9 Å². The van der Waals surface area contributed by atoms with Gasteiger partial charge < -0.3 is 15.1 Å². The van der Waals surface area contributed by atoms with Gasteiger partial charge in [-0.15, -0.1) is 0 Å². The lowest BCUT2D eigenvalue weighted by molar-refractivity contribution is -0.137. The number of nitrogens with one attached hydrogen (secondary N) is 1. The Bertz CT molecular complexity index is 813. The van der Waals surface area contributed by atoms with Crippen molar-refractivity contribution in [3.63, 3.8) is 0 Å². The zero-order chi connectivity index (χ0) is 20.3. The third kappa shape index (κ3) is 4.77. The van der Waals surface area contributed by atoms with Crippen LogP contribution in [0.1, 0.15) is 29.8 Å². The van der Waals surface area contributed by atoms with Crippen molar-refractivity contribution in [3.8, 4) is 0 Å². The first-order valence-electron chi connectivity index (χ1n) is 9.32. The van der Waals surface area contributed by atoms with Crippen molar-refractivity contribution in [1.29, 1.82) is 0 Å². The normalized spacial score (nSPS) is 15.1. The number of benzene rings is 2. The van der Waals surface area contributed by atoms with E-state index in [1.807, 2.05) is 36.9 Å². The fourth-order valence-electron chi connectivity index (χ4n) is 3.31. The van der Waals surface area contributed by atoms with Crippen LogP contribution in [0, 0.1) is 0 Å². The summed E-state index contributed by atoms with van der Waals surface area (Å²) in [4.78, 5) is 16.2. The van der Waals surface area contributed by atoms with Crippen LogP contribution in [0.4, 0.5) is 24.5 Å². The molecule has 0 unspecified atom stereocenters. The number of nitrogens with zero attached hydrogens (tertiary/aromatic N) is 2. The fourth-order valence-corrected chi connectivity index (χ4v) is 3.31. The molecule has 3 rings (SSSR count). The van der Waals surface area contributed by atoms with Crippen LogP contribution in [0.15, 0.2) is 48.5 Å². The standard InChI is InChI=1S/C21H24F3N3O/c1-15(2)25-18-12-17(21(22,23)24)13-19(14-18)26-8-10-27(11-9-26)20(28)16-6-4-3-5-7-16/h3-7,12-15,25H,8-11H2,1-2H3. The summed E-state index contributed by atoms with van der Waals surface area (Å²) in [6, 6.07) is 13.1. The second kappa shape index (κ2) is 8.12. The lowest BCUT2D eigenvalue weighted by Gasteiger charge is -2.36. The Labute approximate surface area is 162 Å². The molecular formula is C21H24F3N3O. The number of hydrogen-bond acceptors (Lipinski definition) is 3. The molecule has 0 aliphatic carbocycles. The van der Waals surface area contributed by atoms with E-state index in [2.05, 4.69) is 5.32 Å². The predicted molar refractivity (Wildman–Crippen MR) is 105 cm³/mol. The smallest absolute Gasteiger partial charge is 0.383 e. The number of anilines is 2. The molecule has 1 fully saturated rings. The van der Waals surface area contributed by atoms with Crippen molar-refractivity contribution in [3.05, 3.63) is 59.7 Å². The molecule has 0 radical (unpaired) electrons. The van der Waals surface area contributed by atoms with Gasteiger partial charge in [0.15, 0.2) is 0 Å². The summed E-state index contributed by atoms with van der Waals surface area (Å²) in [6.45, 7) is 5.68. The van der Waals surface area contributed by atoms with Gasteiger partial charge in [0, 0.05) is 49.2 Å². The number of rotatable bonds is 4. The van der Waals surface area contributed by atoms with Crippen LogP contribution in [0.3, 0.4) is 0 Å². The number of carbonyl (C=O) groups is 1. The van der Waals surface area contributed by atoms with Crippen molar-refractivity contribution in [2.24, 2.45) is 0 Å². The van der Waals surface area contributed by atoms with E-state index in [9.17, 15) is 18.0 Å². The topological polar surface area (TPSA) is 35.6 Å². The van der Waals surface area contributed by atoms with Gasteiger partial charge in [-0.3, -0.25) is 4.79 Å². The fraction of sp³-hybridized carbons (Fsp3) is 0.381. The van der Waals surface area contributed by atoms with E-state index in [1.165, 1.54) is 6.07 Å². The van der Waals surface area contributed by atoms with Gasteiger partial charge in [0.25, 0.3) is 5.91 Å². The zero-order valence-electron chi connectivity index (χ0n) is 16.0. The summed E-state index contributed by atoms with van der Waals surface area (Å²) in [5.41, 5.74) is 0.918. The first kappa shape index (κ1) is 20.0. The molecule has 0 atom stereocenters. The molecule has 150 valence electrons. The van der Waals surface area contributed by atoms with E-state index in [4.69, 9.17) is 0 Å². The molecule has 1 amide bonds. The molecule has 1 aliphatic heterocycles. The minimum absolute atomic E-state index is 0.0247. The van der Waals surface area contributed by atoms with Gasteiger partial charge >= 0.3 is 6.18 Å². The molecule has 4 nitrogen and oxygen atoms in total. The summed E-state index contributed by atoms with van der Waals surface area (Å²) in [5.74, 6) is -0.0496. The first-order chi connectivity index (χ1) is 13.2. The number of amides is 1. The molecule has 7 heteroatoms. The molecule has 0 spiro atoms. The SMILES string of the molecule is CC(C)Nc1cc(N2CCN(C(=O)c3ccccc3)CC2)cc(C(F)(F)F)c1. The number of alkyl halides is 3. The van der Waals surface area contributed by atoms with Crippen molar-refractivity contribution in [2.45, 2.75) is 26.1 Å². The average Bonchev–Trinajstić information content (AvgIpc) is 2.67. The molecular weight excluding hydrogens is 367 g/mol. The van der Waals surface area contributed by atoms with Gasteiger partial charge in [-0.05, 0) is 44.2 Å². The van der Waals surface area contributed by atoms with E-state index < -0.39 is 11.7 Å². The van der Waals surface area contributed by atoms with E-state index in [1.54, 1.807) is 23.1 Å². The number of halogens is 3. The molecule has 2 aromatic rings. The van der Waals surface area contributed by atoms with Crippen molar-refractivity contribution in [1.82, 2.24) is 4.90 Å². The highest BCUT2D eigenvalue weighted by Crippen LogP contribution is 2.35. The Morgan fingerprint density at radius 3 is 2.21 bits per heavy atom. The van der Waals surface area contributed by atoms with E-state index in [0.717, 1.165) is 6.07 Å². The Kier molecular flexibility index (Phi) is 5.82. The summed E-state index contributed by atoms with van der Waals surface area (Å²) in [6.07, 6.45) is -4.41. The summed E-state index contributed by atoms with van der Waals surface area (Å²) < 4.78 is 39.9. The second-order valence-corrected chi connectivity index (χ2v) is 7.21. The minimum atomic E-state index is -4.41. The third-order valence-corrected chi connectivity index (χ3v) is 4.65. The van der Waals surface area contributed by atoms with Crippen LogP contribution >= 0.6 is 0 Å². The number of carbonyl (C=O) groups excluding carboxylic acids is 1. The Hall–Kier alpha value is -2.70. The summed E-state index contributed by atoms with van der Waals surface area (Å²) in [5, 5.41) is 3.05. The van der Waals surface area contributed by atoms with Gasteiger partial charge in [0.1, 0.15) is 0 Å². The Balaban J connectivity index is 1.75. The molecule has 1 N–H and O–H groups in total. The van der Waals surface area contributed by atoms with Gasteiger partial charge in [-0.2, -0.15) is 13.2 Å². The average molecular weight is 391 g/mol. The molecule has 0 bridgehead atoms. The van der Waals surface area contributed by atoms with Crippen molar-refractivity contribution < 1.29 is 18.0 Å². The van der Waals surface area contributed by atoms with Crippen LogP contribution in [0.5, 0.6) is 0 Å². The lowest BCUT2D eigenvalue weighted by Crippen LogP contribution is -2.48. The molecule has 28 heavy (non-hydrogen) atoms. The molecule has 1 heterocycles. The van der Waals surface area contributed by atoms with E-state index >= 15 is 0 Å². The van der Waals surface area contributed by atoms with Crippen molar-refractivity contribution >= 4 is 17.3 Å². The van der Waals surface area contributed by atoms with Crippen LogP contribution in [-0.2, 0) is 6.18 Å². The Morgan fingerprint density at radius 1 is 1.00 bits per heavy atom. The largest absolute Gasteiger partial charge is 0.416 e. The number of piperazine rings is 1. The summed E-state index contributed by atoms with van der Waals surface area (Å²) >= 11 is 0. The highest BCUT2D eigenvalue weighted by atomic mass is 19.4. The third-order valence-electron chi connectivity index (χ3n) is 4.65. The van der Waals surface area contributed by atoms with Gasteiger partial charge in [-0.25, -0.2) is 0 Å². The molecule has 1 aliphatic rings. The van der Waals surface area contributed by atoms with Gasteiger partial charge in [0.2, 0.25) is 0 Å². The minimum Gasteiger partial charge on any atom is -0.383 e. The Morgan fingerprint density at radius 2 is 1.64 bits per heavy atom. The molecule has 2 aromatic carbocycles. The van der Waals surface area contributed by atoms with Gasteiger partial charge in [-0.1, -0.05) is 18.2 Å². The quantitative estimate of drug-likeness (QED) is 0.834. The lowest BCUT2D eigenvalue weighted by atomic mass is 10.1. The monoisotopic (exact) mass is 391 g/mol. The molecule has 0 saturated carbocycles. The predicted octanol–water partition coefficient (Wildman–Crippen LogP) is 4.49. The maximum Gasteiger partial charge on any atom is 0.416 e. The van der Waals surface area contributed by atoms with Crippen molar-refractivity contribution in [2.75, 3.05) is 36.4 Å². The van der Waals surface area contributed by atoms with Crippen LogP contribution in [0.2, 0.25) is 0 Å². The molecule has 0 aromatic heterocycles. The van der Waals surface area contributed by atoms with E-state index in [0.29, 0.717) is 43.1 Å². The van der Waals surface area contributed by atoms with Gasteiger partial charge in [0.05, 0.1) is 5.56 Å². The van der Waals surface area contributed by atoms with Crippen LogP contribution in [-0.4, -0.2) is 43.0 Å². The van der Waals surface area contributed by atoms with Crippen LogP contribution < -0.4 is 10.2 Å². The summed E-state index contributed by atoms with van der Waals surface area (Å²) in [7, 11) is 0. The maximum absolute atomic E-state index is 13.3. The zero-order valence-corrected chi connectivity index (χ0v) is 16.0. The highest BCUT2D eigenvalue weighted by molar-refractivity contribution is 5.94. The molecule has 1 saturated heterocycles. The number of hydrogen-bond donors (Lipinski definition) is 1. The van der Waals surface area contributed by atoms with Crippen LogP contribution in [0.25, 0.3) is 0 Å². The highest BCUT2D eigenvalue weighted by Gasteiger charge is 2.32. The second-order valence-electron chi connectivity index (χ2n) is 7.21. The maximum atomic E-state index is 13.3. The first-order valence-corrected chi connectivity index (χ1v) is 9.32.